The van der Waals surface area contributed by atoms with Crippen LogP contribution in [0.2, 0.25) is 0 Å². The van der Waals surface area contributed by atoms with E-state index in [4.69, 9.17) is 4.74 Å². The summed E-state index contributed by atoms with van der Waals surface area (Å²) in [5.41, 5.74) is 1.70. The molecule has 0 aliphatic carbocycles. The van der Waals surface area contributed by atoms with Crippen molar-refractivity contribution in [3.63, 3.8) is 0 Å². The van der Waals surface area contributed by atoms with Gasteiger partial charge in [-0.05, 0) is 43.2 Å². The van der Waals surface area contributed by atoms with Crippen LogP contribution in [0.4, 0.5) is 5.13 Å². The summed E-state index contributed by atoms with van der Waals surface area (Å²) in [6.45, 7) is 0.731. The van der Waals surface area contributed by atoms with Gasteiger partial charge in [-0.2, -0.15) is 4.31 Å². The van der Waals surface area contributed by atoms with E-state index in [1.807, 2.05) is 24.3 Å². The number of thiazole rings is 1. The number of sulfone groups is 1. The second-order valence-corrected chi connectivity index (χ2v) is 13.5. The second-order valence-electron chi connectivity index (χ2n) is 8.49. The Balaban J connectivity index is 1.24. The molecule has 1 saturated heterocycles. The Bertz CT molecular complexity index is 1510. The number of amides is 1. The minimum absolute atomic E-state index is 0.0491. The Kier molecular flexibility index (Phi) is 6.16. The average molecular weight is 534 g/mol. The maximum atomic E-state index is 13.1. The van der Waals surface area contributed by atoms with Gasteiger partial charge in [0, 0.05) is 30.8 Å². The number of nitrogens with zero attached hydrogens (tertiary/aromatic N) is 2. The second kappa shape index (κ2) is 9.01. The molecule has 0 bridgehead atoms. The van der Waals surface area contributed by atoms with Crippen LogP contribution in [0.15, 0.2) is 58.3 Å². The predicted molar refractivity (Wildman–Crippen MR) is 132 cm³/mol. The SMILES string of the molecule is CS(=O)(=O)c1cccc(S(=O)(=O)N2CCC(C(=O)Nc3nc4c(s3)COc3ccccc3-4)CC2)c1. The van der Waals surface area contributed by atoms with Crippen LogP contribution in [0.25, 0.3) is 11.3 Å². The Labute approximate surface area is 207 Å². The van der Waals surface area contributed by atoms with Gasteiger partial charge in [-0.25, -0.2) is 21.8 Å². The number of ether oxygens (including phenoxy) is 1. The quantitative estimate of drug-likeness (QED) is 0.534. The summed E-state index contributed by atoms with van der Waals surface area (Å²) < 4.78 is 56.8. The van der Waals surface area contributed by atoms with Crippen molar-refractivity contribution < 1.29 is 26.4 Å². The maximum absolute atomic E-state index is 13.1. The third-order valence-corrected chi connectivity index (χ3v) is 10.1. The third kappa shape index (κ3) is 4.70. The molecule has 2 aliphatic rings. The topological polar surface area (TPSA) is 123 Å². The molecule has 0 radical (unpaired) electrons. The molecule has 0 unspecified atom stereocenters. The fourth-order valence-electron chi connectivity index (χ4n) is 4.23. The Morgan fingerprint density at radius 1 is 1.06 bits per heavy atom. The van der Waals surface area contributed by atoms with Crippen molar-refractivity contribution in [3.05, 3.63) is 53.4 Å². The van der Waals surface area contributed by atoms with Crippen molar-refractivity contribution in [1.29, 1.82) is 0 Å². The number of sulfonamides is 1. The summed E-state index contributed by atoms with van der Waals surface area (Å²) in [5, 5.41) is 3.38. The molecule has 0 atom stereocenters. The van der Waals surface area contributed by atoms with Gasteiger partial charge in [0.1, 0.15) is 12.4 Å². The summed E-state index contributed by atoms with van der Waals surface area (Å²) in [6.07, 6.45) is 1.75. The maximum Gasteiger partial charge on any atom is 0.243 e. The molecular formula is C23H23N3O6S3. The minimum atomic E-state index is -3.87. The van der Waals surface area contributed by atoms with Crippen LogP contribution in [0.1, 0.15) is 17.7 Å². The number of para-hydroxylation sites is 1. The normalized spacial score (nSPS) is 16.7. The van der Waals surface area contributed by atoms with Gasteiger partial charge in [0.15, 0.2) is 15.0 Å². The van der Waals surface area contributed by atoms with Gasteiger partial charge in [0.05, 0.1) is 20.4 Å². The van der Waals surface area contributed by atoms with E-state index < -0.39 is 19.9 Å². The van der Waals surface area contributed by atoms with Gasteiger partial charge in [0.2, 0.25) is 15.9 Å². The van der Waals surface area contributed by atoms with E-state index in [9.17, 15) is 21.6 Å². The van der Waals surface area contributed by atoms with Crippen molar-refractivity contribution in [1.82, 2.24) is 9.29 Å². The van der Waals surface area contributed by atoms with Gasteiger partial charge in [-0.15, -0.1) is 0 Å². The summed E-state index contributed by atoms with van der Waals surface area (Å²) in [5.74, 6) is 0.216. The number of carbonyl (C=O) groups excluding carboxylic acids is 1. The zero-order valence-electron chi connectivity index (χ0n) is 18.8. The molecule has 2 aromatic carbocycles. The molecule has 5 rings (SSSR count). The number of benzene rings is 2. The van der Waals surface area contributed by atoms with Crippen LogP contribution in [0.3, 0.4) is 0 Å². The van der Waals surface area contributed by atoms with Gasteiger partial charge in [-0.3, -0.25) is 4.79 Å². The van der Waals surface area contributed by atoms with E-state index in [1.54, 1.807) is 0 Å². The largest absolute Gasteiger partial charge is 0.487 e. The van der Waals surface area contributed by atoms with Crippen LogP contribution in [0, 0.1) is 5.92 Å². The minimum Gasteiger partial charge on any atom is -0.487 e. The Hall–Kier alpha value is -2.80. The lowest BCUT2D eigenvalue weighted by molar-refractivity contribution is -0.120. The summed E-state index contributed by atoms with van der Waals surface area (Å²) >= 11 is 1.37. The molecule has 2 aliphatic heterocycles. The number of fused-ring (bicyclic) bond motifs is 3. The molecule has 0 spiro atoms. The molecule has 1 aromatic heterocycles. The van der Waals surface area contributed by atoms with E-state index in [0.717, 1.165) is 28.1 Å². The van der Waals surface area contributed by atoms with Crippen molar-refractivity contribution in [2.45, 2.75) is 29.2 Å². The fraction of sp³-hybridized carbons (Fsp3) is 0.304. The molecule has 3 aromatic rings. The van der Waals surface area contributed by atoms with E-state index >= 15 is 0 Å². The number of hydrogen-bond acceptors (Lipinski definition) is 8. The lowest BCUT2D eigenvalue weighted by atomic mass is 9.97. The lowest BCUT2D eigenvalue weighted by Gasteiger charge is -2.30. The highest BCUT2D eigenvalue weighted by Crippen LogP contribution is 2.40. The fourth-order valence-corrected chi connectivity index (χ4v) is 7.37. The molecule has 184 valence electrons. The number of nitrogens with one attached hydrogen (secondary N) is 1. The van der Waals surface area contributed by atoms with Crippen molar-refractivity contribution in [2.75, 3.05) is 24.7 Å². The lowest BCUT2D eigenvalue weighted by Crippen LogP contribution is -2.41. The zero-order chi connectivity index (χ0) is 24.8. The highest BCUT2D eigenvalue weighted by Gasteiger charge is 2.33. The average Bonchev–Trinajstić information content (AvgIpc) is 3.26. The molecule has 0 saturated carbocycles. The molecule has 1 amide bonds. The van der Waals surface area contributed by atoms with Crippen LogP contribution in [-0.2, 0) is 31.3 Å². The van der Waals surface area contributed by atoms with E-state index in [2.05, 4.69) is 10.3 Å². The van der Waals surface area contributed by atoms with Crippen LogP contribution >= 0.6 is 11.3 Å². The van der Waals surface area contributed by atoms with Crippen molar-refractivity contribution in [2.24, 2.45) is 5.92 Å². The first-order valence-electron chi connectivity index (χ1n) is 11.0. The first kappa shape index (κ1) is 23.9. The number of anilines is 1. The predicted octanol–water partition coefficient (Wildman–Crippen LogP) is 3.15. The smallest absolute Gasteiger partial charge is 0.243 e. The van der Waals surface area contributed by atoms with Gasteiger partial charge >= 0.3 is 0 Å². The standard InChI is InChI=1S/C23H23N3O6S3/c1-34(28,29)16-5-4-6-17(13-16)35(30,31)26-11-9-15(10-12-26)22(27)25-23-24-21-18-7-2-3-8-19(18)32-14-20(21)33-23/h2-8,13,15H,9-12,14H2,1H3,(H,24,25,27). The van der Waals surface area contributed by atoms with Crippen LogP contribution in [0.5, 0.6) is 5.75 Å². The molecule has 3 heterocycles. The van der Waals surface area contributed by atoms with Gasteiger partial charge in [-0.1, -0.05) is 29.5 Å². The van der Waals surface area contributed by atoms with E-state index in [-0.39, 0.29) is 34.7 Å². The van der Waals surface area contributed by atoms with Gasteiger partial charge in [0.25, 0.3) is 0 Å². The van der Waals surface area contributed by atoms with Crippen LogP contribution < -0.4 is 10.1 Å². The summed E-state index contributed by atoms with van der Waals surface area (Å²) in [4.78, 5) is 18.3. The van der Waals surface area contributed by atoms with Crippen molar-refractivity contribution in [3.8, 4) is 17.0 Å². The van der Waals surface area contributed by atoms with E-state index in [1.165, 1.54) is 39.9 Å². The molecule has 9 nitrogen and oxygen atoms in total. The third-order valence-electron chi connectivity index (χ3n) is 6.12. The number of piperidine rings is 1. The molecular weight excluding hydrogens is 510 g/mol. The zero-order valence-corrected chi connectivity index (χ0v) is 21.2. The number of hydrogen-bond donors (Lipinski definition) is 1. The molecule has 1 fully saturated rings. The molecule has 35 heavy (non-hydrogen) atoms. The van der Waals surface area contributed by atoms with Crippen molar-refractivity contribution >= 4 is 42.2 Å². The molecule has 12 heteroatoms. The highest BCUT2D eigenvalue weighted by molar-refractivity contribution is 7.91. The summed E-state index contributed by atoms with van der Waals surface area (Å²) in [7, 11) is -7.40. The Morgan fingerprint density at radius 3 is 2.51 bits per heavy atom. The monoisotopic (exact) mass is 533 g/mol. The highest BCUT2D eigenvalue weighted by atomic mass is 32.2. The first-order valence-corrected chi connectivity index (χ1v) is 15.1. The summed E-state index contributed by atoms with van der Waals surface area (Å²) in [6, 6.07) is 13.0. The van der Waals surface area contributed by atoms with Gasteiger partial charge < -0.3 is 10.1 Å². The van der Waals surface area contributed by atoms with Crippen LogP contribution in [-0.4, -0.2) is 51.4 Å². The Morgan fingerprint density at radius 2 is 1.77 bits per heavy atom. The molecule has 1 N–H and O–H groups in total. The number of aromatic nitrogens is 1. The first-order chi connectivity index (χ1) is 16.6. The number of carbonyl (C=O) groups is 1. The number of rotatable bonds is 5. The van der Waals surface area contributed by atoms with E-state index in [0.29, 0.717) is 24.6 Å².